The van der Waals surface area contributed by atoms with Gasteiger partial charge < -0.3 is 4.74 Å². The second-order valence-electron chi connectivity index (χ2n) is 6.35. The highest BCUT2D eigenvalue weighted by Crippen LogP contribution is 2.24. The number of nitrogens with one attached hydrogen (secondary N) is 1. The first-order chi connectivity index (χ1) is 13.4. The fourth-order valence-corrected chi connectivity index (χ4v) is 3.88. The highest BCUT2D eigenvalue weighted by molar-refractivity contribution is 9.10. The number of benzene rings is 1. The van der Waals surface area contributed by atoms with Gasteiger partial charge in [-0.15, -0.1) is 11.3 Å². The van der Waals surface area contributed by atoms with Crippen LogP contribution in [0.2, 0.25) is 0 Å². The van der Waals surface area contributed by atoms with Gasteiger partial charge in [-0.05, 0) is 65.3 Å². The molecule has 1 N–H and O–H groups in total. The van der Waals surface area contributed by atoms with Gasteiger partial charge in [-0.1, -0.05) is 12.1 Å². The Morgan fingerprint density at radius 2 is 2.14 bits per heavy atom. The molecule has 2 heterocycles. The number of thiophene rings is 1. The molecular formula is C20H21BrN4O2S. The number of nitrogens with zero attached hydrogens (tertiary/aromatic N) is 3. The number of carbonyl (C=O) groups excluding carboxylic acids is 1. The molecule has 6 nitrogen and oxygen atoms in total. The zero-order chi connectivity index (χ0) is 20.3. The van der Waals surface area contributed by atoms with Gasteiger partial charge in [-0.2, -0.15) is 10.2 Å². The Bertz CT molecular complexity index is 1040. The zero-order valence-electron chi connectivity index (χ0n) is 16.1. The van der Waals surface area contributed by atoms with Gasteiger partial charge in [0.1, 0.15) is 5.75 Å². The van der Waals surface area contributed by atoms with Crippen LogP contribution in [0, 0.1) is 20.8 Å². The maximum absolute atomic E-state index is 12.1. The van der Waals surface area contributed by atoms with Gasteiger partial charge in [0.05, 0.1) is 40.6 Å². The topological polar surface area (TPSA) is 68.5 Å². The Hall–Kier alpha value is -2.45. The van der Waals surface area contributed by atoms with E-state index in [2.05, 4.69) is 31.6 Å². The SMILES string of the molecule is COc1cc(/C=N/NC(=O)c2sccc2C)ccc1Cn1nc(C)c(Br)c1C. The van der Waals surface area contributed by atoms with Gasteiger partial charge in [0.25, 0.3) is 5.91 Å². The Morgan fingerprint density at radius 3 is 2.75 bits per heavy atom. The highest BCUT2D eigenvalue weighted by Gasteiger charge is 2.12. The second kappa shape index (κ2) is 8.70. The molecule has 0 aliphatic carbocycles. The van der Waals surface area contributed by atoms with E-state index in [4.69, 9.17) is 4.74 Å². The fourth-order valence-electron chi connectivity index (χ4n) is 2.78. The van der Waals surface area contributed by atoms with Crippen molar-refractivity contribution in [1.29, 1.82) is 0 Å². The van der Waals surface area contributed by atoms with Gasteiger partial charge in [0.2, 0.25) is 0 Å². The number of hydrogen-bond acceptors (Lipinski definition) is 5. The molecule has 3 aromatic rings. The van der Waals surface area contributed by atoms with Crippen molar-refractivity contribution in [3.05, 3.63) is 67.1 Å². The van der Waals surface area contributed by atoms with E-state index in [9.17, 15) is 4.79 Å². The van der Waals surface area contributed by atoms with E-state index < -0.39 is 0 Å². The van der Waals surface area contributed by atoms with Crippen molar-refractivity contribution in [1.82, 2.24) is 15.2 Å². The first-order valence-corrected chi connectivity index (χ1v) is 10.3. The summed E-state index contributed by atoms with van der Waals surface area (Å²) in [6, 6.07) is 7.72. The summed E-state index contributed by atoms with van der Waals surface area (Å²) >= 11 is 4.95. The molecular weight excluding hydrogens is 440 g/mol. The van der Waals surface area contributed by atoms with E-state index in [-0.39, 0.29) is 5.91 Å². The molecule has 0 bridgehead atoms. The summed E-state index contributed by atoms with van der Waals surface area (Å²) in [6.45, 7) is 6.50. The number of amides is 1. The van der Waals surface area contributed by atoms with Crippen molar-refractivity contribution < 1.29 is 9.53 Å². The number of hydrogen-bond donors (Lipinski definition) is 1. The summed E-state index contributed by atoms with van der Waals surface area (Å²) in [5.41, 5.74) is 7.37. The average molecular weight is 461 g/mol. The van der Waals surface area contributed by atoms with Crippen molar-refractivity contribution in [3.8, 4) is 5.75 Å². The van der Waals surface area contributed by atoms with Crippen LogP contribution in [0.15, 0.2) is 39.2 Å². The molecule has 1 aromatic carbocycles. The molecule has 0 radical (unpaired) electrons. The van der Waals surface area contributed by atoms with Crippen molar-refractivity contribution in [3.63, 3.8) is 0 Å². The van der Waals surface area contributed by atoms with E-state index in [1.807, 2.05) is 55.1 Å². The minimum atomic E-state index is -0.206. The van der Waals surface area contributed by atoms with E-state index in [0.29, 0.717) is 11.4 Å². The molecule has 3 rings (SSSR count). The first-order valence-electron chi connectivity index (χ1n) is 8.64. The number of hydrazone groups is 1. The molecule has 1 amide bonds. The third-order valence-electron chi connectivity index (χ3n) is 4.37. The number of ether oxygens (including phenoxy) is 1. The van der Waals surface area contributed by atoms with Crippen LogP contribution in [0.1, 0.15) is 37.7 Å². The lowest BCUT2D eigenvalue weighted by molar-refractivity contribution is 0.0958. The van der Waals surface area contributed by atoms with E-state index in [0.717, 1.165) is 38.3 Å². The van der Waals surface area contributed by atoms with Crippen LogP contribution in [-0.2, 0) is 6.54 Å². The van der Waals surface area contributed by atoms with Gasteiger partial charge in [-0.25, -0.2) is 5.43 Å². The second-order valence-corrected chi connectivity index (χ2v) is 8.05. The fraction of sp³-hybridized carbons (Fsp3) is 0.250. The first kappa shape index (κ1) is 20.3. The van der Waals surface area contributed by atoms with Gasteiger partial charge in [0, 0.05) is 5.56 Å². The van der Waals surface area contributed by atoms with Crippen LogP contribution in [0.25, 0.3) is 0 Å². The Labute approximate surface area is 176 Å². The molecule has 146 valence electrons. The molecule has 28 heavy (non-hydrogen) atoms. The molecule has 0 saturated heterocycles. The predicted octanol–water partition coefficient (Wildman–Crippen LogP) is 4.45. The quantitative estimate of drug-likeness (QED) is 0.436. The summed E-state index contributed by atoms with van der Waals surface area (Å²) in [7, 11) is 1.64. The van der Waals surface area contributed by atoms with Crippen LogP contribution in [0.4, 0.5) is 0 Å². The molecule has 0 atom stereocenters. The standard InChI is InChI=1S/C20H21BrN4O2S/c1-12-7-8-28-19(12)20(26)23-22-10-15-5-6-16(17(9-15)27-4)11-25-14(3)18(21)13(2)24-25/h5-10H,11H2,1-4H3,(H,23,26)/b22-10+. The summed E-state index contributed by atoms with van der Waals surface area (Å²) < 4.78 is 8.50. The van der Waals surface area contributed by atoms with Gasteiger partial charge >= 0.3 is 0 Å². The lowest BCUT2D eigenvalue weighted by atomic mass is 10.1. The minimum Gasteiger partial charge on any atom is -0.496 e. The molecule has 0 aliphatic rings. The molecule has 2 aromatic heterocycles. The van der Waals surface area contributed by atoms with Crippen LogP contribution < -0.4 is 10.2 Å². The van der Waals surface area contributed by atoms with Crippen molar-refractivity contribution in [2.45, 2.75) is 27.3 Å². The number of rotatable bonds is 6. The molecule has 0 fully saturated rings. The minimum absolute atomic E-state index is 0.206. The predicted molar refractivity (Wildman–Crippen MR) is 116 cm³/mol. The maximum atomic E-state index is 12.1. The van der Waals surface area contributed by atoms with Crippen molar-refractivity contribution in [2.24, 2.45) is 5.10 Å². The lowest BCUT2D eigenvalue weighted by Crippen LogP contribution is -2.17. The third-order valence-corrected chi connectivity index (χ3v) is 6.54. The van der Waals surface area contributed by atoms with Crippen LogP contribution in [0.5, 0.6) is 5.75 Å². The van der Waals surface area contributed by atoms with Crippen LogP contribution >= 0.6 is 27.3 Å². The van der Waals surface area contributed by atoms with E-state index in [1.54, 1.807) is 13.3 Å². The number of methoxy groups -OCH3 is 1. The maximum Gasteiger partial charge on any atom is 0.281 e. The average Bonchev–Trinajstić information content (AvgIpc) is 3.21. The Kier molecular flexibility index (Phi) is 6.31. The van der Waals surface area contributed by atoms with E-state index >= 15 is 0 Å². The summed E-state index contributed by atoms with van der Waals surface area (Å²) in [5, 5.41) is 10.5. The van der Waals surface area contributed by atoms with E-state index in [1.165, 1.54) is 11.3 Å². The molecule has 0 unspecified atom stereocenters. The highest BCUT2D eigenvalue weighted by atomic mass is 79.9. The summed E-state index contributed by atoms with van der Waals surface area (Å²) in [4.78, 5) is 12.8. The largest absolute Gasteiger partial charge is 0.496 e. The molecule has 0 spiro atoms. The third kappa shape index (κ3) is 4.34. The molecule has 0 aliphatic heterocycles. The smallest absolute Gasteiger partial charge is 0.281 e. The Balaban J connectivity index is 1.73. The summed E-state index contributed by atoms with van der Waals surface area (Å²) in [5.74, 6) is 0.537. The normalized spacial score (nSPS) is 11.2. The van der Waals surface area contributed by atoms with Gasteiger partial charge in [0.15, 0.2) is 0 Å². The molecule has 8 heteroatoms. The number of aryl methyl sites for hydroxylation is 2. The van der Waals surface area contributed by atoms with Crippen LogP contribution in [-0.4, -0.2) is 29.0 Å². The molecule has 0 saturated carbocycles. The number of halogens is 1. The zero-order valence-corrected chi connectivity index (χ0v) is 18.5. The number of aromatic nitrogens is 2. The Morgan fingerprint density at radius 1 is 1.36 bits per heavy atom. The van der Waals surface area contributed by atoms with Crippen molar-refractivity contribution in [2.75, 3.05) is 7.11 Å². The monoisotopic (exact) mass is 460 g/mol. The number of carbonyl (C=O) groups is 1. The lowest BCUT2D eigenvalue weighted by Gasteiger charge is -2.11. The van der Waals surface area contributed by atoms with Crippen LogP contribution in [0.3, 0.4) is 0 Å². The summed E-state index contributed by atoms with van der Waals surface area (Å²) in [6.07, 6.45) is 1.60. The van der Waals surface area contributed by atoms with Crippen molar-refractivity contribution >= 4 is 39.4 Å². The van der Waals surface area contributed by atoms with Gasteiger partial charge in [-0.3, -0.25) is 9.48 Å².